The lowest BCUT2D eigenvalue weighted by atomic mass is 9.53. The predicted octanol–water partition coefficient (Wildman–Crippen LogP) is 2.34. The van der Waals surface area contributed by atoms with Crippen molar-refractivity contribution < 1.29 is 19.5 Å². The summed E-state index contributed by atoms with van der Waals surface area (Å²) in [6.45, 7) is 5.50. The minimum Gasteiger partial charge on any atom is -0.385 e. The van der Waals surface area contributed by atoms with E-state index in [1.54, 1.807) is 6.08 Å². The van der Waals surface area contributed by atoms with Crippen LogP contribution in [-0.4, -0.2) is 53.6 Å². The van der Waals surface area contributed by atoms with E-state index in [4.69, 9.17) is 0 Å². The third-order valence-electron chi connectivity index (χ3n) is 6.80. The molecule has 0 radical (unpaired) electrons. The highest BCUT2D eigenvalue weighted by atomic mass is 16.3. The maximum absolute atomic E-state index is 13.3. The minimum atomic E-state index is -1.05. The van der Waals surface area contributed by atoms with E-state index in [1.807, 2.05) is 27.0 Å². The SMILES string of the molecule is CC=C1C=CC(=O)C(=O)C1C1(CCN(C)CC2CC2)C(=O)C(O)CCC1C. The Labute approximate surface area is 161 Å². The highest BCUT2D eigenvalue weighted by molar-refractivity contribution is 6.44. The number of Topliss-reactive ketones (excluding diaryl/α,β-unsaturated/α-hetero) is 2. The van der Waals surface area contributed by atoms with Gasteiger partial charge in [0.1, 0.15) is 6.10 Å². The molecule has 0 aromatic carbocycles. The second kappa shape index (κ2) is 7.80. The zero-order valence-corrected chi connectivity index (χ0v) is 16.6. The molecule has 1 N–H and O–H groups in total. The Morgan fingerprint density at radius 2 is 1.89 bits per heavy atom. The summed E-state index contributed by atoms with van der Waals surface area (Å²) in [6, 6.07) is 0. The summed E-state index contributed by atoms with van der Waals surface area (Å²) in [4.78, 5) is 40.7. The second-order valence-corrected chi connectivity index (χ2v) is 8.64. The van der Waals surface area contributed by atoms with Crippen molar-refractivity contribution >= 4 is 17.3 Å². The Hall–Kier alpha value is -1.59. The summed E-state index contributed by atoms with van der Waals surface area (Å²) in [5.41, 5.74) is -0.298. The molecule has 2 saturated carbocycles. The number of allylic oxidation sites excluding steroid dienone is 4. The van der Waals surface area contributed by atoms with Crippen LogP contribution < -0.4 is 0 Å². The van der Waals surface area contributed by atoms with E-state index in [1.165, 1.54) is 18.9 Å². The summed E-state index contributed by atoms with van der Waals surface area (Å²) in [5, 5.41) is 10.4. The molecule has 0 aromatic rings. The van der Waals surface area contributed by atoms with E-state index in [9.17, 15) is 19.5 Å². The maximum Gasteiger partial charge on any atom is 0.222 e. The van der Waals surface area contributed by atoms with Gasteiger partial charge in [-0.2, -0.15) is 0 Å². The van der Waals surface area contributed by atoms with Crippen molar-refractivity contribution in [2.24, 2.45) is 23.2 Å². The van der Waals surface area contributed by atoms with Crippen LogP contribution in [0.2, 0.25) is 0 Å². The fourth-order valence-electron chi connectivity index (χ4n) is 4.94. The van der Waals surface area contributed by atoms with E-state index in [2.05, 4.69) is 4.90 Å². The number of hydrogen-bond donors (Lipinski definition) is 1. The molecule has 0 bridgehead atoms. The lowest BCUT2D eigenvalue weighted by molar-refractivity contribution is -0.156. The maximum atomic E-state index is 13.3. The quantitative estimate of drug-likeness (QED) is 0.724. The first-order valence-electron chi connectivity index (χ1n) is 10.1. The zero-order valence-electron chi connectivity index (χ0n) is 16.6. The van der Waals surface area contributed by atoms with E-state index >= 15 is 0 Å². The second-order valence-electron chi connectivity index (χ2n) is 8.64. The number of carbonyl (C=O) groups is 3. The molecular formula is C22H31NO4. The number of aliphatic hydroxyl groups excluding tert-OH is 1. The van der Waals surface area contributed by atoms with Crippen LogP contribution in [0.4, 0.5) is 0 Å². The topological polar surface area (TPSA) is 74.7 Å². The smallest absolute Gasteiger partial charge is 0.222 e. The molecule has 3 aliphatic rings. The van der Waals surface area contributed by atoms with Crippen molar-refractivity contribution in [2.45, 2.75) is 52.1 Å². The summed E-state index contributed by atoms with van der Waals surface area (Å²) in [5.74, 6) is -1.43. The van der Waals surface area contributed by atoms with Gasteiger partial charge in [-0.15, -0.1) is 0 Å². The van der Waals surface area contributed by atoms with Crippen LogP contribution in [0, 0.1) is 23.2 Å². The van der Waals surface area contributed by atoms with Crippen LogP contribution in [-0.2, 0) is 14.4 Å². The number of ketones is 3. The van der Waals surface area contributed by atoms with Crippen molar-refractivity contribution in [3.05, 3.63) is 23.8 Å². The van der Waals surface area contributed by atoms with Crippen molar-refractivity contribution in [2.75, 3.05) is 20.1 Å². The molecule has 0 spiro atoms. The normalized spacial score (nSPS) is 36.1. The van der Waals surface area contributed by atoms with Crippen molar-refractivity contribution in [1.82, 2.24) is 4.90 Å². The van der Waals surface area contributed by atoms with Gasteiger partial charge < -0.3 is 10.0 Å². The third-order valence-corrected chi connectivity index (χ3v) is 6.80. The van der Waals surface area contributed by atoms with E-state index in [0.29, 0.717) is 25.8 Å². The minimum absolute atomic E-state index is 0.0640. The van der Waals surface area contributed by atoms with Crippen molar-refractivity contribution in [1.29, 1.82) is 0 Å². The molecule has 0 heterocycles. The van der Waals surface area contributed by atoms with Gasteiger partial charge in [0.2, 0.25) is 11.6 Å². The molecule has 4 atom stereocenters. The highest BCUT2D eigenvalue weighted by Crippen LogP contribution is 2.51. The van der Waals surface area contributed by atoms with Crippen LogP contribution in [0.5, 0.6) is 0 Å². The van der Waals surface area contributed by atoms with E-state index in [0.717, 1.165) is 18.0 Å². The average Bonchev–Trinajstić information content (AvgIpc) is 3.45. The Morgan fingerprint density at radius 3 is 2.52 bits per heavy atom. The molecule has 0 aliphatic heterocycles. The van der Waals surface area contributed by atoms with Crippen LogP contribution >= 0.6 is 0 Å². The van der Waals surface area contributed by atoms with Crippen molar-refractivity contribution in [3.8, 4) is 0 Å². The number of rotatable bonds is 6. The average molecular weight is 373 g/mol. The standard InChI is InChI=1S/C22H31NO4/c1-4-16-8-10-17(24)20(26)19(16)22(11-12-23(3)13-15-6-7-15)14(2)5-9-18(25)21(22)27/h4,8,10,14-15,18-19,25H,5-7,9,11-13H2,1-3H3. The molecule has 3 aliphatic carbocycles. The molecule has 148 valence electrons. The lowest BCUT2D eigenvalue weighted by Gasteiger charge is -2.48. The Balaban J connectivity index is 1.98. The highest BCUT2D eigenvalue weighted by Gasteiger charge is 2.57. The van der Waals surface area contributed by atoms with Crippen LogP contribution in [0.3, 0.4) is 0 Å². The first-order valence-corrected chi connectivity index (χ1v) is 10.1. The van der Waals surface area contributed by atoms with Gasteiger partial charge in [0, 0.05) is 12.0 Å². The summed E-state index contributed by atoms with van der Waals surface area (Å²) in [6.07, 6.45) is 7.85. The zero-order chi connectivity index (χ0) is 19.8. The fraction of sp³-hybridized carbons (Fsp3) is 0.682. The number of hydrogen-bond acceptors (Lipinski definition) is 5. The first-order chi connectivity index (χ1) is 12.8. The molecule has 2 fully saturated rings. The van der Waals surface area contributed by atoms with Crippen LogP contribution in [0.25, 0.3) is 0 Å². The predicted molar refractivity (Wildman–Crippen MR) is 103 cm³/mol. The third kappa shape index (κ3) is 3.72. The molecule has 0 saturated heterocycles. The van der Waals surface area contributed by atoms with Gasteiger partial charge in [0.25, 0.3) is 0 Å². The Morgan fingerprint density at radius 1 is 1.19 bits per heavy atom. The van der Waals surface area contributed by atoms with Crippen LogP contribution in [0.15, 0.2) is 23.8 Å². The molecule has 5 nitrogen and oxygen atoms in total. The van der Waals surface area contributed by atoms with E-state index in [-0.39, 0.29) is 11.7 Å². The van der Waals surface area contributed by atoms with Gasteiger partial charge in [-0.05, 0) is 76.1 Å². The van der Waals surface area contributed by atoms with Gasteiger partial charge in [-0.1, -0.05) is 19.1 Å². The Kier molecular flexibility index (Phi) is 5.82. The molecule has 4 unspecified atom stereocenters. The molecule has 27 heavy (non-hydrogen) atoms. The fourth-order valence-corrected chi connectivity index (χ4v) is 4.94. The number of aliphatic hydroxyl groups is 1. The van der Waals surface area contributed by atoms with E-state index < -0.39 is 29.0 Å². The molecule has 0 aromatic heterocycles. The van der Waals surface area contributed by atoms with Gasteiger partial charge in [0.15, 0.2) is 5.78 Å². The summed E-state index contributed by atoms with van der Waals surface area (Å²) >= 11 is 0. The lowest BCUT2D eigenvalue weighted by Crippen LogP contribution is -2.57. The van der Waals surface area contributed by atoms with Gasteiger partial charge in [-0.3, -0.25) is 14.4 Å². The molecule has 0 amide bonds. The van der Waals surface area contributed by atoms with Gasteiger partial charge in [-0.25, -0.2) is 0 Å². The molecular weight excluding hydrogens is 342 g/mol. The number of carbonyl (C=O) groups excluding carboxylic acids is 3. The monoisotopic (exact) mass is 373 g/mol. The summed E-state index contributed by atoms with van der Waals surface area (Å²) in [7, 11) is 2.05. The van der Waals surface area contributed by atoms with Crippen molar-refractivity contribution in [3.63, 3.8) is 0 Å². The first kappa shape index (κ1) is 20.2. The summed E-state index contributed by atoms with van der Waals surface area (Å²) < 4.78 is 0. The molecule has 3 rings (SSSR count). The largest absolute Gasteiger partial charge is 0.385 e. The number of nitrogens with zero attached hydrogens (tertiary/aromatic N) is 1. The molecule has 5 heteroatoms. The van der Waals surface area contributed by atoms with Crippen LogP contribution in [0.1, 0.15) is 46.0 Å². The van der Waals surface area contributed by atoms with Gasteiger partial charge in [0.05, 0.1) is 5.92 Å². The Bertz CT molecular complexity index is 690. The van der Waals surface area contributed by atoms with Gasteiger partial charge >= 0.3 is 0 Å².